The zero-order chi connectivity index (χ0) is 15.9. The maximum absolute atomic E-state index is 11.4. The molecule has 0 heterocycles. The van der Waals surface area contributed by atoms with Gasteiger partial charge in [0.25, 0.3) is 0 Å². The number of unbranched alkanes of at least 4 members (excludes halogenated alkanes) is 1. The van der Waals surface area contributed by atoms with Crippen molar-refractivity contribution in [1.29, 1.82) is 0 Å². The number of carboxylic acid groups (broad SMARTS) is 1. The van der Waals surface area contributed by atoms with Gasteiger partial charge >= 0.3 is 5.97 Å². The SMILES string of the molecule is CCCCOc1c(CCC(=O)O)cccc1NS(C)(=O)=O. The predicted octanol–water partition coefficient (Wildman–Crippen LogP) is 2.25. The minimum Gasteiger partial charge on any atom is -0.491 e. The molecule has 118 valence electrons. The number of nitrogens with one attached hydrogen (secondary N) is 1. The summed E-state index contributed by atoms with van der Waals surface area (Å²) in [7, 11) is -3.42. The Labute approximate surface area is 125 Å². The Hall–Kier alpha value is -1.76. The van der Waals surface area contributed by atoms with Crippen LogP contribution >= 0.6 is 0 Å². The van der Waals surface area contributed by atoms with Gasteiger partial charge in [-0.3, -0.25) is 9.52 Å². The molecule has 0 atom stereocenters. The molecule has 0 radical (unpaired) electrons. The van der Waals surface area contributed by atoms with E-state index in [-0.39, 0.29) is 12.8 Å². The molecule has 0 aliphatic heterocycles. The van der Waals surface area contributed by atoms with Crippen LogP contribution in [0.5, 0.6) is 5.75 Å². The quantitative estimate of drug-likeness (QED) is 0.682. The van der Waals surface area contributed by atoms with E-state index < -0.39 is 16.0 Å². The van der Waals surface area contributed by atoms with Crippen molar-refractivity contribution in [3.63, 3.8) is 0 Å². The van der Waals surface area contributed by atoms with E-state index in [1.807, 2.05) is 6.92 Å². The van der Waals surface area contributed by atoms with Crippen LogP contribution in [-0.2, 0) is 21.2 Å². The molecule has 0 saturated carbocycles. The minimum absolute atomic E-state index is 0.0353. The molecule has 0 bridgehead atoms. The van der Waals surface area contributed by atoms with Gasteiger partial charge < -0.3 is 9.84 Å². The van der Waals surface area contributed by atoms with Crippen molar-refractivity contribution >= 4 is 21.7 Å². The molecule has 0 spiro atoms. The van der Waals surface area contributed by atoms with Gasteiger partial charge in [0.1, 0.15) is 5.75 Å². The molecule has 0 amide bonds. The predicted molar refractivity (Wildman–Crippen MR) is 81.3 cm³/mol. The number of hydrogen-bond donors (Lipinski definition) is 2. The van der Waals surface area contributed by atoms with Crippen molar-refractivity contribution in [2.24, 2.45) is 0 Å². The van der Waals surface area contributed by atoms with Crippen LogP contribution in [0.4, 0.5) is 5.69 Å². The van der Waals surface area contributed by atoms with Crippen LogP contribution in [0.25, 0.3) is 0 Å². The van der Waals surface area contributed by atoms with Crippen LogP contribution in [0.2, 0.25) is 0 Å². The van der Waals surface area contributed by atoms with Crippen LogP contribution < -0.4 is 9.46 Å². The van der Waals surface area contributed by atoms with E-state index in [4.69, 9.17) is 9.84 Å². The molecular weight excluding hydrogens is 294 g/mol. The van der Waals surface area contributed by atoms with Crippen molar-refractivity contribution in [2.45, 2.75) is 32.6 Å². The first-order valence-corrected chi connectivity index (χ1v) is 8.67. The first kappa shape index (κ1) is 17.3. The molecular formula is C14H21NO5S. The summed E-state index contributed by atoms with van der Waals surface area (Å²) in [6.07, 6.45) is 3.10. The number of sulfonamides is 1. The van der Waals surface area contributed by atoms with Crippen molar-refractivity contribution in [1.82, 2.24) is 0 Å². The lowest BCUT2D eigenvalue weighted by Gasteiger charge is -2.16. The van der Waals surface area contributed by atoms with Crippen molar-refractivity contribution < 1.29 is 23.1 Å². The smallest absolute Gasteiger partial charge is 0.303 e. The molecule has 2 N–H and O–H groups in total. The summed E-state index contributed by atoms with van der Waals surface area (Å²) in [6.45, 7) is 2.48. The number of aliphatic carboxylic acids is 1. The molecule has 0 fully saturated rings. The van der Waals surface area contributed by atoms with Crippen LogP contribution in [0, 0.1) is 0 Å². The van der Waals surface area contributed by atoms with E-state index in [2.05, 4.69) is 4.72 Å². The zero-order valence-electron chi connectivity index (χ0n) is 12.3. The number of carboxylic acids is 1. The van der Waals surface area contributed by atoms with E-state index >= 15 is 0 Å². The van der Waals surface area contributed by atoms with Gasteiger partial charge in [-0.1, -0.05) is 25.5 Å². The average molecular weight is 315 g/mol. The number of rotatable bonds is 9. The van der Waals surface area contributed by atoms with E-state index in [0.717, 1.165) is 19.1 Å². The largest absolute Gasteiger partial charge is 0.491 e. The fourth-order valence-corrected chi connectivity index (χ4v) is 2.35. The summed E-state index contributed by atoms with van der Waals surface area (Å²) in [5.74, 6) is -0.492. The maximum atomic E-state index is 11.4. The Balaban J connectivity index is 3.04. The van der Waals surface area contributed by atoms with Crippen LogP contribution in [-0.4, -0.2) is 32.4 Å². The van der Waals surface area contributed by atoms with E-state index in [1.165, 1.54) is 0 Å². The Kier molecular flexibility index (Phi) is 6.48. The number of para-hydroxylation sites is 1. The molecule has 0 aromatic heterocycles. The van der Waals surface area contributed by atoms with Gasteiger partial charge in [-0.15, -0.1) is 0 Å². The summed E-state index contributed by atoms with van der Waals surface area (Å²) in [6, 6.07) is 5.03. The number of carbonyl (C=O) groups is 1. The Bertz CT molecular complexity index is 583. The maximum Gasteiger partial charge on any atom is 0.303 e. The van der Waals surface area contributed by atoms with Crippen LogP contribution in [0.3, 0.4) is 0 Å². The number of aryl methyl sites for hydroxylation is 1. The monoisotopic (exact) mass is 315 g/mol. The lowest BCUT2D eigenvalue weighted by atomic mass is 10.1. The molecule has 0 aliphatic carbocycles. The minimum atomic E-state index is -3.42. The molecule has 1 aromatic rings. The highest BCUT2D eigenvalue weighted by molar-refractivity contribution is 7.92. The van der Waals surface area contributed by atoms with Crippen LogP contribution in [0.15, 0.2) is 18.2 Å². The number of hydrogen-bond acceptors (Lipinski definition) is 4. The molecule has 1 rings (SSSR count). The topological polar surface area (TPSA) is 92.7 Å². The van der Waals surface area contributed by atoms with Crippen molar-refractivity contribution in [3.8, 4) is 5.75 Å². The van der Waals surface area contributed by atoms with Gasteiger partial charge in [-0.05, 0) is 24.5 Å². The normalized spacial score (nSPS) is 11.1. The van der Waals surface area contributed by atoms with Gasteiger partial charge in [0, 0.05) is 6.42 Å². The molecule has 0 aliphatic rings. The number of ether oxygens (including phenoxy) is 1. The Morgan fingerprint density at radius 2 is 2.10 bits per heavy atom. The van der Waals surface area contributed by atoms with Gasteiger partial charge in [0.2, 0.25) is 10.0 Å². The second-order valence-electron chi connectivity index (χ2n) is 4.76. The lowest BCUT2D eigenvalue weighted by Crippen LogP contribution is -2.12. The summed E-state index contributed by atoms with van der Waals surface area (Å²) in [5.41, 5.74) is 1.03. The van der Waals surface area contributed by atoms with Crippen LogP contribution in [0.1, 0.15) is 31.7 Å². The second-order valence-corrected chi connectivity index (χ2v) is 6.51. The van der Waals surface area contributed by atoms with Gasteiger partial charge in [0.15, 0.2) is 0 Å². The van der Waals surface area contributed by atoms with Gasteiger partial charge in [0.05, 0.1) is 18.6 Å². The van der Waals surface area contributed by atoms with Gasteiger partial charge in [-0.2, -0.15) is 0 Å². The number of benzene rings is 1. The molecule has 1 aromatic carbocycles. The summed E-state index contributed by atoms with van der Waals surface area (Å²) < 4.78 is 30.9. The Morgan fingerprint density at radius 1 is 1.38 bits per heavy atom. The molecule has 0 saturated heterocycles. The average Bonchev–Trinajstić information content (AvgIpc) is 2.37. The summed E-state index contributed by atoms with van der Waals surface area (Å²) in [5, 5.41) is 8.78. The van der Waals surface area contributed by atoms with Crippen molar-refractivity contribution in [3.05, 3.63) is 23.8 Å². The highest BCUT2D eigenvalue weighted by atomic mass is 32.2. The Morgan fingerprint density at radius 3 is 2.67 bits per heavy atom. The summed E-state index contributed by atoms with van der Waals surface area (Å²) >= 11 is 0. The first-order chi connectivity index (χ1) is 9.83. The molecule has 0 unspecified atom stereocenters. The highest BCUT2D eigenvalue weighted by Crippen LogP contribution is 2.31. The third-order valence-corrected chi connectivity index (χ3v) is 3.34. The highest BCUT2D eigenvalue weighted by Gasteiger charge is 2.14. The fourth-order valence-electron chi connectivity index (χ4n) is 1.79. The third kappa shape index (κ3) is 6.48. The second kappa shape index (κ2) is 7.87. The van der Waals surface area contributed by atoms with E-state index in [9.17, 15) is 13.2 Å². The first-order valence-electron chi connectivity index (χ1n) is 6.77. The standard InChI is InChI=1S/C14H21NO5S/c1-3-4-10-20-14-11(8-9-13(16)17)6-5-7-12(14)15-21(2,18)19/h5-7,15H,3-4,8-10H2,1-2H3,(H,16,17). The summed E-state index contributed by atoms with van der Waals surface area (Å²) in [4.78, 5) is 10.7. The van der Waals surface area contributed by atoms with E-state index in [1.54, 1.807) is 18.2 Å². The van der Waals surface area contributed by atoms with Gasteiger partial charge in [-0.25, -0.2) is 8.42 Å². The third-order valence-electron chi connectivity index (χ3n) is 2.74. The zero-order valence-corrected chi connectivity index (χ0v) is 13.1. The fraction of sp³-hybridized carbons (Fsp3) is 0.500. The molecule has 6 nitrogen and oxygen atoms in total. The molecule has 21 heavy (non-hydrogen) atoms. The number of anilines is 1. The molecule has 7 heteroatoms. The van der Waals surface area contributed by atoms with Crippen molar-refractivity contribution in [2.75, 3.05) is 17.6 Å². The van der Waals surface area contributed by atoms with E-state index in [0.29, 0.717) is 23.6 Å². The lowest BCUT2D eigenvalue weighted by molar-refractivity contribution is -0.136.